The van der Waals surface area contributed by atoms with Crippen molar-refractivity contribution in [3.63, 3.8) is 0 Å². The maximum absolute atomic E-state index is 12.0. The van der Waals surface area contributed by atoms with Crippen LogP contribution in [0.5, 0.6) is 0 Å². The van der Waals surface area contributed by atoms with Crippen LogP contribution in [0.15, 0.2) is 54.9 Å². The molecule has 0 aliphatic carbocycles. The molecule has 0 spiro atoms. The van der Waals surface area contributed by atoms with E-state index in [1.165, 1.54) is 5.56 Å². The van der Waals surface area contributed by atoms with Crippen molar-refractivity contribution in [2.75, 3.05) is 0 Å². The molecule has 1 radical (unpaired) electrons. The lowest BCUT2D eigenvalue weighted by molar-refractivity contribution is 0.100. The SMILES string of the molecule is CCCCc1c[c]c2c3c(C(N)=O)cccc3n(Cc3cccnc3)c2c1. The zero-order chi connectivity index (χ0) is 18.8. The standard InChI is InChI=1S/C23H22N3O/c1-2-3-6-16-10-11-18-21(13-16)26(15-17-7-5-12-25-14-17)20-9-4-8-19(22(18)20)23(24)27/h4-5,7-10,12-14H,2-3,6,15H2,1H3,(H2,24,27). The number of amides is 1. The molecular formula is C23H22N3O. The van der Waals surface area contributed by atoms with Crippen LogP contribution in [-0.2, 0) is 13.0 Å². The van der Waals surface area contributed by atoms with Crippen LogP contribution < -0.4 is 5.73 Å². The molecule has 0 fully saturated rings. The van der Waals surface area contributed by atoms with Crippen molar-refractivity contribution < 1.29 is 4.79 Å². The van der Waals surface area contributed by atoms with Gasteiger partial charge in [-0.2, -0.15) is 0 Å². The molecule has 0 bridgehead atoms. The number of hydrogen-bond acceptors (Lipinski definition) is 2. The molecule has 4 rings (SSSR count). The average Bonchev–Trinajstić information content (AvgIpc) is 3.00. The summed E-state index contributed by atoms with van der Waals surface area (Å²) in [4.78, 5) is 16.3. The van der Waals surface area contributed by atoms with Crippen molar-refractivity contribution in [3.8, 4) is 0 Å². The predicted molar refractivity (Wildman–Crippen MR) is 109 cm³/mol. The number of carbonyl (C=O) groups excluding carboxylic acids is 1. The van der Waals surface area contributed by atoms with Crippen molar-refractivity contribution in [2.45, 2.75) is 32.7 Å². The Morgan fingerprint density at radius 2 is 2.07 bits per heavy atom. The molecule has 0 unspecified atom stereocenters. The zero-order valence-corrected chi connectivity index (χ0v) is 15.4. The zero-order valence-electron chi connectivity index (χ0n) is 15.4. The smallest absolute Gasteiger partial charge is 0.249 e. The monoisotopic (exact) mass is 356 g/mol. The summed E-state index contributed by atoms with van der Waals surface area (Å²) in [5.41, 5.74) is 10.6. The van der Waals surface area contributed by atoms with Crippen LogP contribution in [0.1, 0.15) is 41.3 Å². The third-order valence-electron chi connectivity index (χ3n) is 5.00. The van der Waals surface area contributed by atoms with E-state index in [4.69, 9.17) is 5.73 Å². The minimum atomic E-state index is -0.413. The van der Waals surface area contributed by atoms with E-state index in [1.807, 2.05) is 30.5 Å². The highest BCUT2D eigenvalue weighted by Crippen LogP contribution is 2.32. The maximum Gasteiger partial charge on any atom is 0.249 e. The molecule has 135 valence electrons. The molecule has 1 amide bonds. The number of fused-ring (bicyclic) bond motifs is 3. The first-order chi connectivity index (χ1) is 13.2. The van der Waals surface area contributed by atoms with E-state index < -0.39 is 5.91 Å². The van der Waals surface area contributed by atoms with Crippen molar-refractivity contribution in [1.82, 2.24) is 9.55 Å². The molecule has 4 heteroatoms. The topological polar surface area (TPSA) is 60.9 Å². The molecule has 2 N–H and O–H groups in total. The maximum atomic E-state index is 12.0. The second kappa shape index (κ2) is 7.23. The van der Waals surface area contributed by atoms with E-state index in [9.17, 15) is 4.79 Å². The van der Waals surface area contributed by atoms with Gasteiger partial charge >= 0.3 is 0 Å². The Kier molecular flexibility index (Phi) is 4.63. The van der Waals surface area contributed by atoms with Gasteiger partial charge in [-0.15, -0.1) is 0 Å². The third kappa shape index (κ3) is 3.19. The van der Waals surface area contributed by atoms with Gasteiger partial charge in [-0.1, -0.05) is 31.5 Å². The number of benzene rings is 2. The summed E-state index contributed by atoms with van der Waals surface area (Å²) in [6, 6.07) is 17.4. The van der Waals surface area contributed by atoms with E-state index >= 15 is 0 Å². The molecule has 0 aliphatic rings. The number of nitrogens with zero attached hydrogens (tertiary/aromatic N) is 2. The lowest BCUT2D eigenvalue weighted by Gasteiger charge is -2.08. The molecule has 0 saturated heterocycles. The van der Waals surface area contributed by atoms with Gasteiger partial charge in [0.25, 0.3) is 0 Å². The summed E-state index contributed by atoms with van der Waals surface area (Å²) in [5, 5.41) is 1.83. The van der Waals surface area contributed by atoms with Crippen LogP contribution in [0, 0.1) is 6.07 Å². The summed E-state index contributed by atoms with van der Waals surface area (Å²) < 4.78 is 2.24. The number of pyridine rings is 1. The molecule has 4 aromatic rings. The van der Waals surface area contributed by atoms with Crippen LogP contribution in [0.3, 0.4) is 0 Å². The third-order valence-corrected chi connectivity index (χ3v) is 5.00. The highest BCUT2D eigenvalue weighted by atomic mass is 16.1. The fourth-order valence-corrected chi connectivity index (χ4v) is 3.67. The fourth-order valence-electron chi connectivity index (χ4n) is 3.67. The molecule has 4 nitrogen and oxygen atoms in total. The first-order valence-corrected chi connectivity index (χ1v) is 9.33. The Labute approximate surface area is 158 Å². The normalized spacial score (nSPS) is 11.3. The van der Waals surface area contributed by atoms with Crippen LogP contribution in [0.25, 0.3) is 21.8 Å². The Morgan fingerprint density at radius 3 is 2.81 bits per heavy atom. The number of aromatic nitrogens is 2. The number of rotatable bonds is 6. The summed E-state index contributed by atoms with van der Waals surface area (Å²) in [6.45, 7) is 2.88. The molecule has 2 aromatic carbocycles. The average molecular weight is 356 g/mol. The van der Waals surface area contributed by atoms with Gasteiger partial charge in [-0.05, 0) is 54.3 Å². The van der Waals surface area contributed by atoms with E-state index in [0.717, 1.165) is 46.6 Å². The quantitative estimate of drug-likeness (QED) is 0.554. The van der Waals surface area contributed by atoms with Crippen molar-refractivity contribution in [2.24, 2.45) is 5.73 Å². The van der Waals surface area contributed by atoms with Gasteiger partial charge in [0.15, 0.2) is 0 Å². The van der Waals surface area contributed by atoms with Gasteiger partial charge in [-0.25, -0.2) is 0 Å². The molecule has 27 heavy (non-hydrogen) atoms. The molecular weight excluding hydrogens is 334 g/mol. The molecule has 2 heterocycles. The predicted octanol–water partition coefficient (Wildman–Crippen LogP) is 4.48. The van der Waals surface area contributed by atoms with Gasteiger partial charge in [0.2, 0.25) is 5.91 Å². The van der Waals surface area contributed by atoms with Crippen LogP contribution >= 0.6 is 0 Å². The second-order valence-corrected chi connectivity index (χ2v) is 6.88. The summed E-state index contributed by atoms with van der Waals surface area (Å²) >= 11 is 0. The summed E-state index contributed by atoms with van der Waals surface area (Å²) in [5.74, 6) is -0.413. The van der Waals surface area contributed by atoms with E-state index in [0.29, 0.717) is 12.1 Å². The molecule has 0 atom stereocenters. The second-order valence-electron chi connectivity index (χ2n) is 6.88. The van der Waals surface area contributed by atoms with Gasteiger partial charge in [0, 0.05) is 35.3 Å². The number of aryl methyl sites for hydroxylation is 1. The number of carbonyl (C=O) groups is 1. The number of primary amides is 1. The Balaban J connectivity index is 1.98. The van der Waals surface area contributed by atoms with Gasteiger partial charge in [0.05, 0.1) is 11.0 Å². The minimum Gasteiger partial charge on any atom is -0.366 e. The number of hydrogen-bond donors (Lipinski definition) is 1. The lowest BCUT2D eigenvalue weighted by Crippen LogP contribution is -2.11. The molecule has 0 aliphatic heterocycles. The lowest BCUT2D eigenvalue weighted by atomic mass is 10.0. The largest absolute Gasteiger partial charge is 0.366 e. The van der Waals surface area contributed by atoms with Crippen molar-refractivity contribution in [1.29, 1.82) is 0 Å². The summed E-state index contributed by atoms with van der Waals surface area (Å²) in [7, 11) is 0. The number of nitrogens with two attached hydrogens (primary N) is 1. The molecule has 0 saturated carbocycles. The van der Waals surface area contributed by atoms with E-state index in [-0.39, 0.29) is 0 Å². The molecule has 2 aromatic heterocycles. The summed E-state index contributed by atoms with van der Waals surface area (Å²) in [6.07, 6.45) is 6.98. The van der Waals surface area contributed by atoms with Gasteiger partial charge < -0.3 is 10.3 Å². The highest BCUT2D eigenvalue weighted by molar-refractivity contribution is 6.17. The Hall–Kier alpha value is -3.14. The van der Waals surface area contributed by atoms with Crippen molar-refractivity contribution >= 4 is 27.7 Å². The van der Waals surface area contributed by atoms with Crippen LogP contribution in [0.2, 0.25) is 0 Å². The number of unbranched alkanes of at least 4 members (excludes halogenated alkanes) is 1. The van der Waals surface area contributed by atoms with Gasteiger partial charge in [-0.3, -0.25) is 9.78 Å². The van der Waals surface area contributed by atoms with Crippen molar-refractivity contribution in [3.05, 3.63) is 77.6 Å². The van der Waals surface area contributed by atoms with Crippen LogP contribution in [0.4, 0.5) is 0 Å². The van der Waals surface area contributed by atoms with E-state index in [1.54, 1.807) is 12.3 Å². The van der Waals surface area contributed by atoms with E-state index in [2.05, 4.69) is 34.7 Å². The fraction of sp³-hybridized carbons (Fsp3) is 0.217. The first kappa shape index (κ1) is 17.3. The first-order valence-electron chi connectivity index (χ1n) is 9.33. The van der Waals surface area contributed by atoms with Gasteiger partial charge in [0.1, 0.15) is 0 Å². The Morgan fingerprint density at radius 1 is 1.19 bits per heavy atom. The minimum absolute atomic E-state index is 0.413. The van der Waals surface area contributed by atoms with Crippen LogP contribution in [-0.4, -0.2) is 15.5 Å². The highest BCUT2D eigenvalue weighted by Gasteiger charge is 2.17. The Bertz CT molecular complexity index is 1110.